The number of quaternary nitrogens is 1. The Balaban J connectivity index is 2.24. The molecule has 1 aliphatic carbocycles. The normalized spacial score (nSPS) is 30.4. The Morgan fingerprint density at radius 3 is 2.56 bits per heavy atom. The van der Waals surface area contributed by atoms with Crippen LogP contribution in [0.5, 0.6) is 0 Å². The molecule has 0 bridgehead atoms. The summed E-state index contributed by atoms with van der Waals surface area (Å²) in [6.45, 7) is 6.70. The number of nitriles is 3. The van der Waals surface area contributed by atoms with Crippen molar-refractivity contribution >= 4 is 17.0 Å². The van der Waals surface area contributed by atoms with Gasteiger partial charge in [-0.1, -0.05) is 0 Å². The molecule has 1 saturated carbocycles. The molecule has 2 aliphatic rings. The maximum Gasteiger partial charge on any atom is 0.190 e. The molecular formula is C19H20N5S+. The summed E-state index contributed by atoms with van der Waals surface area (Å²) in [6.07, 6.45) is 2.07. The number of nitrogens with one attached hydrogen (secondary N) is 2. The summed E-state index contributed by atoms with van der Waals surface area (Å²) in [6, 6.07) is 10.4. The van der Waals surface area contributed by atoms with Crippen LogP contribution in [0.1, 0.15) is 22.6 Å². The minimum atomic E-state index is -1.57. The van der Waals surface area contributed by atoms with Crippen LogP contribution >= 0.6 is 11.3 Å². The second-order valence-electron chi connectivity index (χ2n) is 6.76. The van der Waals surface area contributed by atoms with Gasteiger partial charge in [-0.2, -0.15) is 15.8 Å². The van der Waals surface area contributed by atoms with E-state index in [0.717, 1.165) is 35.0 Å². The van der Waals surface area contributed by atoms with Gasteiger partial charge in [0.2, 0.25) is 0 Å². The molecule has 2 unspecified atom stereocenters. The van der Waals surface area contributed by atoms with Crippen LogP contribution in [0.3, 0.4) is 0 Å². The molecule has 25 heavy (non-hydrogen) atoms. The van der Waals surface area contributed by atoms with Crippen molar-refractivity contribution in [2.75, 3.05) is 19.6 Å². The van der Waals surface area contributed by atoms with Crippen molar-refractivity contribution in [3.8, 4) is 18.2 Å². The van der Waals surface area contributed by atoms with Gasteiger partial charge in [0.25, 0.3) is 0 Å². The molecule has 126 valence electrons. The van der Waals surface area contributed by atoms with Crippen LogP contribution in [-0.4, -0.2) is 25.3 Å². The molecule has 5 nitrogen and oxygen atoms in total. The Labute approximate surface area is 151 Å². The van der Waals surface area contributed by atoms with Crippen molar-refractivity contribution in [3.63, 3.8) is 0 Å². The summed E-state index contributed by atoms with van der Waals surface area (Å²) in [5.74, 6) is -1.20. The molecule has 2 N–H and O–H groups in total. The van der Waals surface area contributed by atoms with E-state index < -0.39 is 11.3 Å². The van der Waals surface area contributed by atoms with Crippen molar-refractivity contribution in [2.45, 2.75) is 19.8 Å². The van der Waals surface area contributed by atoms with Crippen LogP contribution in [0, 0.1) is 63.6 Å². The van der Waals surface area contributed by atoms with Gasteiger partial charge in [-0.25, -0.2) is 0 Å². The third-order valence-corrected chi connectivity index (χ3v) is 6.61. The summed E-state index contributed by atoms with van der Waals surface area (Å²) < 4.78 is 0. The first-order chi connectivity index (χ1) is 12.0. The highest BCUT2D eigenvalue weighted by Crippen LogP contribution is 2.53. The van der Waals surface area contributed by atoms with Crippen LogP contribution < -0.4 is 4.90 Å². The maximum atomic E-state index is 9.93. The number of hydrogen-bond acceptors (Lipinski definition) is 5. The van der Waals surface area contributed by atoms with E-state index in [1.54, 1.807) is 11.3 Å². The maximum absolute atomic E-state index is 9.93. The molecule has 0 amide bonds. The molecule has 1 aromatic heterocycles. The second-order valence-corrected chi connectivity index (χ2v) is 8.08. The van der Waals surface area contributed by atoms with E-state index in [1.165, 1.54) is 4.90 Å². The minimum Gasteiger partial charge on any atom is -0.331 e. The standard InChI is InChI=1S/C19H19N5S/c1-3-24-7-6-13-14(8-20)18(23)19(10-21,11-22)17(15(13)9-24)16-5-4-12(2)25-16/h4-6,14-15,17,23H,3,7,9H2,1-2H3/p+1/t14?,15-,17-/m1/s1. The van der Waals surface area contributed by atoms with E-state index in [1.807, 2.05) is 19.1 Å². The van der Waals surface area contributed by atoms with Gasteiger partial charge >= 0.3 is 0 Å². The summed E-state index contributed by atoms with van der Waals surface area (Å²) >= 11 is 1.58. The molecule has 0 spiro atoms. The average molecular weight is 350 g/mol. The molecule has 0 aromatic carbocycles. The second kappa shape index (κ2) is 6.45. The SMILES string of the molecule is CC[NH+]1CC=C2C(C#N)C(=N)C(C#N)(C#N)[C@@H](c3ccc(C)s3)[C@@H]2C1. The van der Waals surface area contributed by atoms with E-state index in [0.29, 0.717) is 0 Å². The van der Waals surface area contributed by atoms with Crippen LogP contribution in [0.4, 0.5) is 0 Å². The smallest absolute Gasteiger partial charge is 0.190 e. The predicted octanol–water partition coefficient (Wildman–Crippen LogP) is 1.81. The zero-order chi connectivity index (χ0) is 18.2. The summed E-state index contributed by atoms with van der Waals surface area (Å²) in [5.41, 5.74) is -0.698. The molecule has 0 saturated heterocycles. The lowest BCUT2D eigenvalue weighted by Crippen LogP contribution is -3.13. The third kappa shape index (κ3) is 2.48. The zero-order valence-corrected chi connectivity index (χ0v) is 15.2. The first-order valence-electron chi connectivity index (χ1n) is 8.43. The number of aryl methyl sites for hydroxylation is 1. The predicted molar refractivity (Wildman–Crippen MR) is 95.1 cm³/mol. The van der Waals surface area contributed by atoms with Crippen LogP contribution in [0.15, 0.2) is 23.8 Å². The topological polar surface area (TPSA) is 99.7 Å². The molecular weight excluding hydrogens is 330 g/mol. The van der Waals surface area contributed by atoms with Gasteiger partial charge in [-0.15, -0.1) is 11.3 Å². The zero-order valence-electron chi connectivity index (χ0n) is 14.3. The Kier molecular flexibility index (Phi) is 4.48. The van der Waals surface area contributed by atoms with E-state index in [4.69, 9.17) is 5.41 Å². The van der Waals surface area contributed by atoms with Gasteiger partial charge in [0.15, 0.2) is 5.41 Å². The summed E-state index contributed by atoms with van der Waals surface area (Å²) in [7, 11) is 0. The van der Waals surface area contributed by atoms with Crippen molar-refractivity contribution < 1.29 is 4.90 Å². The van der Waals surface area contributed by atoms with Crippen molar-refractivity contribution in [1.82, 2.24) is 0 Å². The average Bonchev–Trinajstić information content (AvgIpc) is 3.06. The number of thiophene rings is 1. The lowest BCUT2D eigenvalue weighted by atomic mass is 9.55. The van der Waals surface area contributed by atoms with Gasteiger partial charge < -0.3 is 10.3 Å². The minimum absolute atomic E-state index is 0.0557. The Hall–Kier alpha value is -2.46. The molecule has 0 radical (unpaired) electrons. The van der Waals surface area contributed by atoms with Crippen molar-refractivity contribution in [2.24, 2.45) is 17.3 Å². The van der Waals surface area contributed by atoms with Gasteiger partial charge in [0.05, 0.1) is 43.6 Å². The number of fused-ring (bicyclic) bond motifs is 1. The summed E-state index contributed by atoms with van der Waals surface area (Å²) in [5, 5.41) is 38.1. The Morgan fingerprint density at radius 2 is 2.04 bits per heavy atom. The third-order valence-electron chi connectivity index (χ3n) is 5.53. The lowest BCUT2D eigenvalue weighted by molar-refractivity contribution is -0.897. The van der Waals surface area contributed by atoms with Gasteiger partial charge in [0, 0.05) is 21.6 Å². The molecule has 2 heterocycles. The Morgan fingerprint density at radius 1 is 1.32 bits per heavy atom. The Bertz CT molecular complexity index is 846. The highest BCUT2D eigenvalue weighted by Gasteiger charge is 2.58. The number of hydrogen-bond donors (Lipinski definition) is 2. The molecule has 1 aliphatic heterocycles. The highest BCUT2D eigenvalue weighted by molar-refractivity contribution is 7.12. The summed E-state index contributed by atoms with van der Waals surface area (Å²) in [4.78, 5) is 3.46. The van der Waals surface area contributed by atoms with Crippen LogP contribution in [0.2, 0.25) is 0 Å². The number of nitrogens with zero attached hydrogens (tertiary/aromatic N) is 3. The van der Waals surface area contributed by atoms with Crippen molar-refractivity contribution in [1.29, 1.82) is 21.2 Å². The van der Waals surface area contributed by atoms with Gasteiger partial charge in [-0.3, -0.25) is 0 Å². The largest absolute Gasteiger partial charge is 0.331 e. The molecule has 3 rings (SSSR count). The van der Waals surface area contributed by atoms with E-state index in [2.05, 4.69) is 31.2 Å². The van der Waals surface area contributed by atoms with Crippen LogP contribution in [-0.2, 0) is 0 Å². The fourth-order valence-corrected chi connectivity index (χ4v) is 5.29. The van der Waals surface area contributed by atoms with Gasteiger partial charge in [-0.05, 0) is 37.6 Å². The highest BCUT2D eigenvalue weighted by atomic mass is 32.1. The van der Waals surface area contributed by atoms with E-state index >= 15 is 0 Å². The molecule has 1 fully saturated rings. The fourth-order valence-electron chi connectivity index (χ4n) is 4.18. The quantitative estimate of drug-likeness (QED) is 0.796. The first-order valence-corrected chi connectivity index (χ1v) is 9.24. The number of rotatable bonds is 2. The monoisotopic (exact) mass is 350 g/mol. The van der Waals surface area contributed by atoms with E-state index in [9.17, 15) is 15.8 Å². The van der Waals surface area contributed by atoms with Crippen LogP contribution in [0.25, 0.3) is 0 Å². The van der Waals surface area contributed by atoms with E-state index in [-0.39, 0.29) is 17.5 Å². The number of likely N-dealkylation sites (N-methyl/N-ethyl adjacent to an activating group) is 1. The molecule has 4 atom stereocenters. The van der Waals surface area contributed by atoms with Gasteiger partial charge in [0.1, 0.15) is 5.92 Å². The molecule has 1 aromatic rings. The fraction of sp³-hybridized carbons (Fsp3) is 0.474. The van der Waals surface area contributed by atoms with Crippen molar-refractivity contribution in [3.05, 3.63) is 33.5 Å². The first kappa shape index (κ1) is 17.4. The lowest BCUT2D eigenvalue weighted by Gasteiger charge is -2.45. The molecule has 6 heteroatoms.